The molecule has 30 heavy (non-hydrogen) atoms. The van der Waals surface area contributed by atoms with Crippen LogP contribution in [0, 0.1) is 5.82 Å². The van der Waals surface area contributed by atoms with Crippen LogP contribution in [0.25, 0.3) is 0 Å². The first-order valence-electron chi connectivity index (χ1n) is 9.01. The molecule has 3 atom stereocenters. The van der Waals surface area contributed by atoms with Gasteiger partial charge in [0.25, 0.3) is 17.7 Å². The van der Waals surface area contributed by atoms with Gasteiger partial charge in [-0.05, 0) is 25.0 Å². The average Bonchev–Trinajstić information content (AvgIpc) is 2.79. The van der Waals surface area contributed by atoms with Crippen molar-refractivity contribution in [1.29, 1.82) is 0 Å². The maximum absolute atomic E-state index is 13.5. The molecule has 4 N–H and O–H groups in total. The first-order valence-corrected chi connectivity index (χ1v) is 9.01. The molecule has 2 unspecified atom stereocenters. The number of nitrogens with one attached hydrogen (secondary N) is 1. The van der Waals surface area contributed by atoms with E-state index >= 15 is 0 Å². The maximum Gasteiger partial charge on any atom is 0.406 e. The van der Waals surface area contributed by atoms with Gasteiger partial charge >= 0.3 is 6.18 Å². The molecule has 0 aliphatic carbocycles. The van der Waals surface area contributed by atoms with E-state index < -0.39 is 60.4 Å². The van der Waals surface area contributed by atoms with Crippen LogP contribution in [-0.2, 0) is 14.4 Å². The second-order valence-corrected chi connectivity index (χ2v) is 6.77. The van der Waals surface area contributed by atoms with Gasteiger partial charge in [0, 0.05) is 6.07 Å². The van der Waals surface area contributed by atoms with Gasteiger partial charge in [-0.1, -0.05) is 13.8 Å². The highest BCUT2D eigenvalue weighted by molar-refractivity contribution is 6.09. The molecule has 12 heteroatoms. The summed E-state index contributed by atoms with van der Waals surface area (Å²) >= 11 is 0. The van der Waals surface area contributed by atoms with Crippen molar-refractivity contribution >= 4 is 23.4 Å². The number of carbonyl (C=O) groups is 3. The normalized spacial score (nSPS) is 20.8. The summed E-state index contributed by atoms with van der Waals surface area (Å²) < 4.78 is 58.9. The molecule has 1 aliphatic rings. The van der Waals surface area contributed by atoms with E-state index in [2.05, 4.69) is 5.32 Å². The van der Waals surface area contributed by atoms with E-state index in [0.717, 1.165) is 12.1 Å². The van der Waals surface area contributed by atoms with Crippen LogP contribution in [0.2, 0.25) is 0 Å². The predicted molar refractivity (Wildman–Crippen MR) is 95.7 cm³/mol. The molecule has 1 aromatic rings. The first kappa shape index (κ1) is 23.4. The molecule has 1 heterocycles. The minimum Gasteiger partial charge on any atom is -0.486 e. The molecule has 0 radical (unpaired) electrons. The van der Waals surface area contributed by atoms with Crippen molar-refractivity contribution in [2.45, 2.75) is 50.6 Å². The molecule has 3 amide bonds. The molecular weight excluding hydrogens is 414 g/mol. The van der Waals surface area contributed by atoms with Gasteiger partial charge in [0.1, 0.15) is 30.3 Å². The van der Waals surface area contributed by atoms with Crippen LogP contribution >= 0.6 is 0 Å². The van der Waals surface area contributed by atoms with Gasteiger partial charge in [0.2, 0.25) is 5.60 Å². The van der Waals surface area contributed by atoms with E-state index in [9.17, 15) is 37.1 Å². The van der Waals surface area contributed by atoms with E-state index in [1.54, 1.807) is 0 Å². The zero-order valence-corrected chi connectivity index (χ0v) is 16.1. The van der Waals surface area contributed by atoms with Crippen LogP contribution in [-0.4, -0.2) is 58.2 Å². The quantitative estimate of drug-likeness (QED) is 0.460. The van der Waals surface area contributed by atoms with Crippen molar-refractivity contribution in [2.24, 2.45) is 5.73 Å². The molecule has 1 aromatic carbocycles. The molecule has 8 nitrogen and oxygen atoms in total. The number of alkyl halides is 3. The van der Waals surface area contributed by atoms with E-state index in [0.29, 0.717) is 0 Å². The second kappa shape index (κ2) is 8.46. The summed E-state index contributed by atoms with van der Waals surface area (Å²) in [4.78, 5) is 37.3. The third-order valence-corrected chi connectivity index (χ3v) is 4.72. The Morgan fingerprint density at radius 2 is 1.93 bits per heavy atom. The fraction of sp³-hybridized carbons (Fsp3) is 0.500. The number of benzene rings is 1. The fourth-order valence-corrected chi connectivity index (χ4v) is 3.11. The molecule has 0 aromatic heterocycles. The van der Waals surface area contributed by atoms with Crippen molar-refractivity contribution in [3.05, 3.63) is 24.0 Å². The molecule has 166 valence electrons. The van der Waals surface area contributed by atoms with E-state index in [4.69, 9.17) is 10.5 Å². The highest BCUT2D eigenvalue weighted by Crippen LogP contribution is 2.33. The highest BCUT2D eigenvalue weighted by Gasteiger charge is 2.52. The zero-order chi connectivity index (χ0) is 22.9. The number of anilines is 1. The Morgan fingerprint density at radius 3 is 2.43 bits per heavy atom. The predicted octanol–water partition coefficient (Wildman–Crippen LogP) is 1.32. The Labute approximate surface area is 169 Å². The monoisotopic (exact) mass is 435 g/mol. The number of hydrogen-bond donors (Lipinski definition) is 3. The number of aliphatic hydroxyl groups is 1. The van der Waals surface area contributed by atoms with Crippen molar-refractivity contribution in [2.75, 3.05) is 11.9 Å². The fourth-order valence-electron chi connectivity index (χ4n) is 3.11. The Kier molecular flexibility index (Phi) is 6.60. The van der Waals surface area contributed by atoms with Gasteiger partial charge in [-0.2, -0.15) is 13.2 Å². The van der Waals surface area contributed by atoms with Gasteiger partial charge < -0.3 is 25.8 Å². The SMILES string of the molecule is CC[C@H]1Oc2ccc(F)cc2NC(=O)C1N(CC(F)(F)F)C(=O)C(O)(CC)C(N)=O. The number of hydrogen-bond acceptors (Lipinski definition) is 5. The number of rotatable bonds is 6. The van der Waals surface area contributed by atoms with Crippen LogP contribution in [0.15, 0.2) is 18.2 Å². The standard InChI is InChI=1S/C18H21F4N3O5/c1-3-11-13(14(26)24-10-7-9(19)5-6-12(10)30-11)25(8-18(20,21)22)16(28)17(29,4-2)15(23)27/h5-7,11,13,29H,3-4,8H2,1-2H3,(H2,23,27)(H,24,26)/t11-,13?,17?/m1/s1. The van der Waals surface area contributed by atoms with Gasteiger partial charge in [-0.3, -0.25) is 14.4 Å². The van der Waals surface area contributed by atoms with Crippen LogP contribution in [0.3, 0.4) is 0 Å². The maximum atomic E-state index is 13.5. The number of nitrogens with two attached hydrogens (primary N) is 1. The second-order valence-electron chi connectivity index (χ2n) is 6.77. The van der Waals surface area contributed by atoms with Crippen LogP contribution in [0.4, 0.5) is 23.2 Å². The number of carbonyl (C=O) groups excluding carboxylic acids is 3. The zero-order valence-electron chi connectivity index (χ0n) is 16.1. The third-order valence-electron chi connectivity index (χ3n) is 4.72. The van der Waals surface area contributed by atoms with E-state index in [1.165, 1.54) is 19.9 Å². The van der Waals surface area contributed by atoms with Crippen LogP contribution in [0.1, 0.15) is 26.7 Å². The summed E-state index contributed by atoms with van der Waals surface area (Å²) in [6.07, 6.45) is -6.92. The number of ether oxygens (including phenoxy) is 1. The topological polar surface area (TPSA) is 122 Å². The minimum atomic E-state index is -4.98. The summed E-state index contributed by atoms with van der Waals surface area (Å²) in [6.45, 7) is 0.716. The lowest BCUT2D eigenvalue weighted by atomic mass is 9.95. The summed E-state index contributed by atoms with van der Waals surface area (Å²) in [5.41, 5.74) is 1.94. The lowest BCUT2D eigenvalue weighted by molar-refractivity contribution is -0.184. The van der Waals surface area contributed by atoms with Crippen molar-refractivity contribution < 1.29 is 41.8 Å². The molecule has 0 spiro atoms. The summed E-state index contributed by atoms with van der Waals surface area (Å²) in [5, 5.41) is 12.6. The summed E-state index contributed by atoms with van der Waals surface area (Å²) in [7, 11) is 0. The third kappa shape index (κ3) is 4.64. The molecule has 1 aliphatic heterocycles. The molecule has 0 bridgehead atoms. The molecule has 2 rings (SSSR count). The number of amides is 3. The number of halogens is 4. The van der Waals surface area contributed by atoms with Crippen molar-refractivity contribution in [3.8, 4) is 5.75 Å². The lowest BCUT2D eigenvalue weighted by Gasteiger charge is -2.38. The van der Waals surface area contributed by atoms with Gasteiger partial charge in [0.15, 0.2) is 0 Å². The van der Waals surface area contributed by atoms with Gasteiger partial charge in [-0.15, -0.1) is 0 Å². The Morgan fingerprint density at radius 1 is 1.30 bits per heavy atom. The molecule has 0 fully saturated rings. The van der Waals surface area contributed by atoms with Crippen LogP contribution in [0.5, 0.6) is 5.75 Å². The highest BCUT2D eigenvalue weighted by atomic mass is 19.4. The lowest BCUT2D eigenvalue weighted by Crippen LogP contribution is -2.64. The van der Waals surface area contributed by atoms with Crippen molar-refractivity contribution in [3.63, 3.8) is 0 Å². The molecular formula is C18H21F4N3O5. The summed E-state index contributed by atoms with van der Waals surface area (Å²) in [5.74, 6) is -5.10. The average molecular weight is 435 g/mol. The molecule has 0 saturated heterocycles. The first-order chi connectivity index (χ1) is 13.8. The number of fused-ring (bicyclic) bond motifs is 1. The smallest absolute Gasteiger partial charge is 0.406 e. The minimum absolute atomic E-state index is 0.0147. The van der Waals surface area contributed by atoms with E-state index in [-0.39, 0.29) is 22.8 Å². The van der Waals surface area contributed by atoms with Crippen LogP contribution < -0.4 is 15.8 Å². The number of primary amides is 1. The largest absolute Gasteiger partial charge is 0.486 e. The molecule has 0 saturated carbocycles. The summed E-state index contributed by atoms with van der Waals surface area (Å²) in [6, 6.07) is 1.22. The Hall–Kier alpha value is -2.89. The van der Waals surface area contributed by atoms with Gasteiger partial charge in [-0.25, -0.2) is 4.39 Å². The van der Waals surface area contributed by atoms with Crippen molar-refractivity contribution in [1.82, 2.24) is 4.90 Å². The number of nitrogens with zero attached hydrogens (tertiary/aromatic N) is 1. The van der Waals surface area contributed by atoms with E-state index in [1.807, 2.05) is 0 Å². The Balaban J connectivity index is 2.57. The Bertz CT molecular complexity index is 848. The van der Waals surface area contributed by atoms with Gasteiger partial charge in [0.05, 0.1) is 5.69 Å².